The van der Waals surface area contributed by atoms with Crippen molar-refractivity contribution in [3.8, 4) is 11.5 Å². The maximum Gasteiger partial charge on any atom is 0.354 e. The van der Waals surface area contributed by atoms with Gasteiger partial charge in [-0.2, -0.15) is 5.10 Å². The van der Waals surface area contributed by atoms with Gasteiger partial charge in [-0.15, -0.1) is 0 Å². The smallest absolute Gasteiger partial charge is 0.354 e. The molecule has 0 atom stereocenters. The number of nitro groups is 1. The summed E-state index contributed by atoms with van der Waals surface area (Å²) >= 11 is 0. The van der Waals surface area contributed by atoms with E-state index in [2.05, 4.69) is 10.4 Å². The van der Waals surface area contributed by atoms with Crippen LogP contribution in [0, 0.1) is 17.0 Å². The quantitative estimate of drug-likeness (QED) is 0.462. The summed E-state index contributed by atoms with van der Waals surface area (Å²) in [6.07, 6.45) is 1.26. The Labute approximate surface area is 164 Å². The molecule has 1 heterocycles. The number of anilines is 1. The molecule has 0 aliphatic heterocycles. The predicted molar refractivity (Wildman–Crippen MR) is 102 cm³/mol. The zero-order chi connectivity index (χ0) is 21.0. The standard InChI is InChI=1S/C19H16N4O6/c1-12-3-2-4-15(7-12)29-16-9-13(8-14(10-16)23(27)28)21-18(24)11-22-17(19(25)26)5-6-20-22/h2-10H,11H2,1H3,(H,21,24)(H,25,26). The second-order valence-electron chi connectivity index (χ2n) is 6.12. The van der Waals surface area contributed by atoms with Crippen molar-refractivity contribution in [1.82, 2.24) is 9.78 Å². The van der Waals surface area contributed by atoms with Gasteiger partial charge in [-0.05, 0) is 30.7 Å². The normalized spacial score (nSPS) is 10.4. The number of nitrogens with zero attached hydrogens (tertiary/aromatic N) is 3. The van der Waals surface area contributed by atoms with Crippen molar-refractivity contribution in [2.75, 3.05) is 5.32 Å². The third-order valence-electron chi connectivity index (χ3n) is 3.84. The summed E-state index contributed by atoms with van der Waals surface area (Å²) in [5.74, 6) is -1.16. The average Bonchev–Trinajstić information content (AvgIpc) is 3.09. The Morgan fingerprint density at radius 2 is 2.00 bits per heavy atom. The lowest BCUT2D eigenvalue weighted by Gasteiger charge is -2.10. The van der Waals surface area contributed by atoms with Gasteiger partial charge in [-0.25, -0.2) is 9.48 Å². The lowest BCUT2D eigenvalue weighted by Crippen LogP contribution is -2.22. The Hall–Kier alpha value is -4.21. The van der Waals surface area contributed by atoms with Gasteiger partial charge in [-0.3, -0.25) is 14.9 Å². The maximum absolute atomic E-state index is 12.3. The molecule has 2 aromatic carbocycles. The summed E-state index contributed by atoms with van der Waals surface area (Å²) in [5.41, 5.74) is 0.671. The number of carboxylic acid groups (broad SMARTS) is 1. The minimum atomic E-state index is -1.22. The molecule has 10 heteroatoms. The number of aryl methyl sites for hydroxylation is 1. The third-order valence-corrected chi connectivity index (χ3v) is 3.84. The van der Waals surface area contributed by atoms with Crippen molar-refractivity contribution in [1.29, 1.82) is 0 Å². The molecule has 0 radical (unpaired) electrons. The van der Waals surface area contributed by atoms with E-state index < -0.39 is 16.8 Å². The highest BCUT2D eigenvalue weighted by Gasteiger charge is 2.16. The van der Waals surface area contributed by atoms with Crippen LogP contribution in [-0.2, 0) is 11.3 Å². The van der Waals surface area contributed by atoms with Gasteiger partial charge in [0.05, 0.1) is 16.7 Å². The van der Waals surface area contributed by atoms with E-state index in [1.807, 2.05) is 13.0 Å². The Bertz CT molecular complexity index is 1090. The van der Waals surface area contributed by atoms with E-state index in [-0.39, 0.29) is 29.4 Å². The Morgan fingerprint density at radius 1 is 1.21 bits per heavy atom. The highest BCUT2D eigenvalue weighted by Crippen LogP contribution is 2.30. The number of rotatable bonds is 7. The van der Waals surface area contributed by atoms with Gasteiger partial charge in [0.2, 0.25) is 5.91 Å². The Morgan fingerprint density at radius 3 is 2.69 bits per heavy atom. The molecule has 0 spiro atoms. The lowest BCUT2D eigenvalue weighted by atomic mass is 10.2. The number of amides is 1. The van der Waals surface area contributed by atoms with Crippen molar-refractivity contribution in [3.05, 3.63) is 76.1 Å². The molecule has 0 unspecified atom stereocenters. The zero-order valence-corrected chi connectivity index (χ0v) is 15.2. The fourth-order valence-corrected chi connectivity index (χ4v) is 2.61. The second-order valence-corrected chi connectivity index (χ2v) is 6.12. The SMILES string of the molecule is Cc1cccc(Oc2cc(NC(=O)Cn3nccc3C(=O)O)cc([N+](=O)[O-])c2)c1. The summed E-state index contributed by atoms with van der Waals surface area (Å²) in [7, 11) is 0. The topological polar surface area (TPSA) is 137 Å². The summed E-state index contributed by atoms with van der Waals surface area (Å²) in [6.45, 7) is 1.51. The van der Waals surface area contributed by atoms with Crippen molar-refractivity contribution >= 4 is 23.3 Å². The highest BCUT2D eigenvalue weighted by atomic mass is 16.6. The van der Waals surface area contributed by atoms with E-state index in [0.29, 0.717) is 5.75 Å². The second kappa shape index (κ2) is 8.21. The number of carboxylic acids is 1. The number of ether oxygens (including phenoxy) is 1. The number of benzene rings is 2. The van der Waals surface area contributed by atoms with Gasteiger partial charge < -0.3 is 15.2 Å². The molecule has 2 N–H and O–H groups in total. The summed E-state index contributed by atoms with van der Waals surface area (Å²) < 4.78 is 6.69. The number of aromatic carboxylic acids is 1. The van der Waals surface area contributed by atoms with Gasteiger partial charge in [-0.1, -0.05) is 12.1 Å². The molecule has 0 saturated carbocycles. The monoisotopic (exact) mass is 396 g/mol. The van der Waals surface area contributed by atoms with Gasteiger partial charge >= 0.3 is 5.97 Å². The average molecular weight is 396 g/mol. The van der Waals surface area contributed by atoms with Crippen LogP contribution in [0.2, 0.25) is 0 Å². The van der Waals surface area contributed by atoms with E-state index in [1.54, 1.807) is 18.2 Å². The number of nitrogens with one attached hydrogen (secondary N) is 1. The van der Waals surface area contributed by atoms with Crippen LogP contribution >= 0.6 is 0 Å². The molecule has 148 valence electrons. The minimum absolute atomic E-state index is 0.135. The van der Waals surface area contributed by atoms with E-state index in [4.69, 9.17) is 9.84 Å². The van der Waals surface area contributed by atoms with Crippen LogP contribution in [0.1, 0.15) is 16.1 Å². The third kappa shape index (κ3) is 4.95. The molecular weight excluding hydrogens is 380 g/mol. The van der Waals surface area contributed by atoms with Crippen LogP contribution in [0.3, 0.4) is 0 Å². The Kier molecular flexibility index (Phi) is 5.54. The summed E-state index contributed by atoms with van der Waals surface area (Å²) in [4.78, 5) is 34.0. The molecule has 0 saturated heterocycles. The van der Waals surface area contributed by atoms with E-state index >= 15 is 0 Å². The van der Waals surface area contributed by atoms with E-state index in [0.717, 1.165) is 10.2 Å². The predicted octanol–water partition coefficient (Wildman–Crippen LogP) is 3.23. The molecule has 1 amide bonds. The molecule has 0 fully saturated rings. The Balaban J connectivity index is 1.81. The minimum Gasteiger partial charge on any atom is -0.477 e. The van der Waals surface area contributed by atoms with E-state index in [9.17, 15) is 19.7 Å². The maximum atomic E-state index is 12.3. The van der Waals surface area contributed by atoms with Crippen LogP contribution in [-0.4, -0.2) is 31.7 Å². The molecule has 1 aromatic heterocycles. The van der Waals surface area contributed by atoms with Crippen molar-refractivity contribution in [2.24, 2.45) is 0 Å². The molecule has 10 nitrogen and oxygen atoms in total. The molecule has 0 bridgehead atoms. The first kappa shape index (κ1) is 19.5. The first-order valence-electron chi connectivity index (χ1n) is 8.41. The molecular formula is C19H16N4O6. The van der Waals surface area contributed by atoms with Crippen LogP contribution in [0.15, 0.2) is 54.7 Å². The molecule has 0 aliphatic rings. The van der Waals surface area contributed by atoms with Gasteiger partial charge in [0.1, 0.15) is 23.7 Å². The van der Waals surface area contributed by atoms with Crippen LogP contribution in [0.5, 0.6) is 11.5 Å². The lowest BCUT2D eigenvalue weighted by molar-refractivity contribution is -0.384. The van der Waals surface area contributed by atoms with Crippen molar-refractivity contribution in [3.63, 3.8) is 0 Å². The zero-order valence-electron chi connectivity index (χ0n) is 15.2. The van der Waals surface area contributed by atoms with Gasteiger partial charge in [0.25, 0.3) is 5.69 Å². The van der Waals surface area contributed by atoms with Crippen molar-refractivity contribution in [2.45, 2.75) is 13.5 Å². The number of aromatic nitrogens is 2. The van der Waals surface area contributed by atoms with Gasteiger partial charge in [0, 0.05) is 18.3 Å². The highest BCUT2D eigenvalue weighted by molar-refractivity contribution is 5.92. The number of carbonyl (C=O) groups is 2. The molecule has 29 heavy (non-hydrogen) atoms. The molecule has 0 aliphatic carbocycles. The largest absolute Gasteiger partial charge is 0.477 e. The first-order chi connectivity index (χ1) is 13.8. The number of hydrogen-bond acceptors (Lipinski definition) is 6. The van der Waals surface area contributed by atoms with Crippen LogP contribution in [0.25, 0.3) is 0 Å². The van der Waals surface area contributed by atoms with Crippen molar-refractivity contribution < 1.29 is 24.4 Å². The summed E-state index contributed by atoms with van der Waals surface area (Å²) in [5, 5.41) is 26.6. The molecule has 3 aromatic rings. The number of nitro benzene ring substituents is 1. The fourth-order valence-electron chi connectivity index (χ4n) is 2.61. The number of non-ortho nitro benzene ring substituents is 1. The van der Waals surface area contributed by atoms with Crippen LogP contribution < -0.4 is 10.1 Å². The molecule has 3 rings (SSSR count). The van der Waals surface area contributed by atoms with Crippen LogP contribution in [0.4, 0.5) is 11.4 Å². The number of carbonyl (C=O) groups excluding carboxylic acids is 1. The first-order valence-corrected chi connectivity index (χ1v) is 8.41. The van der Waals surface area contributed by atoms with E-state index in [1.165, 1.54) is 30.5 Å². The van der Waals surface area contributed by atoms with Gasteiger partial charge in [0.15, 0.2) is 0 Å². The number of hydrogen-bond donors (Lipinski definition) is 2. The fraction of sp³-hybridized carbons (Fsp3) is 0.105. The summed E-state index contributed by atoms with van der Waals surface area (Å²) in [6, 6.07) is 12.3.